The van der Waals surface area contributed by atoms with Crippen molar-refractivity contribution in [3.8, 4) is 17.2 Å². The number of H-pyrrole nitrogens is 1. The van der Waals surface area contributed by atoms with Crippen LogP contribution in [0.2, 0.25) is 0 Å². The number of aromatic nitrogens is 1. The number of fused-ring (bicyclic) bond motifs is 3. The van der Waals surface area contributed by atoms with Crippen LogP contribution >= 0.6 is 0 Å². The third-order valence-corrected chi connectivity index (χ3v) is 6.26. The Kier molecular flexibility index (Phi) is 4.64. The number of oxazole rings is 1. The molecule has 7 nitrogen and oxygen atoms in total. The first-order chi connectivity index (χ1) is 14.6. The number of hydrogen-bond donors (Lipinski definition) is 3. The van der Waals surface area contributed by atoms with Gasteiger partial charge in [-0.05, 0) is 54.0 Å². The molecule has 2 aliphatic rings. The Morgan fingerprint density at radius 1 is 1.20 bits per heavy atom. The molecule has 5 rings (SSSR count). The van der Waals surface area contributed by atoms with Crippen molar-refractivity contribution in [1.29, 1.82) is 5.26 Å². The van der Waals surface area contributed by atoms with Crippen LogP contribution < -0.4 is 16.4 Å². The number of rotatable bonds is 5. The Morgan fingerprint density at radius 2 is 2.00 bits per heavy atom. The fraction of sp³-hybridized carbons (Fsp3) is 0.348. The monoisotopic (exact) mass is 402 g/mol. The van der Waals surface area contributed by atoms with Crippen LogP contribution in [0.5, 0.6) is 0 Å². The summed E-state index contributed by atoms with van der Waals surface area (Å²) >= 11 is 0. The van der Waals surface area contributed by atoms with Gasteiger partial charge in [0.05, 0.1) is 17.6 Å². The van der Waals surface area contributed by atoms with Gasteiger partial charge in [-0.3, -0.25) is 9.78 Å². The molecule has 0 radical (unpaired) electrons. The van der Waals surface area contributed by atoms with Crippen molar-refractivity contribution in [3.63, 3.8) is 0 Å². The second-order valence-electron chi connectivity index (χ2n) is 8.23. The highest BCUT2D eigenvalue weighted by Crippen LogP contribution is 2.35. The van der Waals surface area contributed by atoms with Crippen LogP contribution in [-0.4, -0.2) is 29.0 Å². The molecule has 4 unspecified atom stereocenters. The largest absolute Gasteiger partial charge is 0.417 e. The van der Waals surface area contributed by atoms with Crippen molar-refractivity contribution in [3.05, 3.63) is 58.6 Å². The lowest BCUT2D eigenvalue weighted by atomic mass is 9.98. The molecule has 4 atom stereocenters. The molecule has 1 amide bonds. The van der Waals surface area contributed by atoms with Crippen LogP contribution in [0.15, 0.2) is 51.7 Å². The van der Waals surface area contributed by atoms with E-state index in [0.29, 0.717) is 29.5 Å². The Hall–Kier alpha value is -3.37. The minimum Gasteiger partial charge on any atom is -0.408 e. The summed E-state index contributed by atoms with van der Waals surface area (Å²) in [5, 5.41) is 15.8. The molecule has 1 saturated carbocycles. The normalized spacial score (nSPS) is 23.4. The van der Waals surface area contributed by atoms with Crippen LogP contribution in [0.25, 0.3) is 22.2 Å². The average molecular weight is 402 g/mol. The summed E-state index contributed by atoms with van der Waals surface area (Å²) in [6, 6.07) is 15.4. The first kappa shape index (κ1) is 18.6. The fourth-order valence-corrected chi connectivity index (χ4v) is 4.74. The van der Waals surface area contributed by atoms with Crippen molar-refractivity contribution in [1.82, 2.24) is 15.6 Å². The van der Waals surface area contributed by atoms with E-state index in [9.17, 15) is 14.9 Å². The van der Waals surface area contributed by atoms with Crippen LogP contribution in [-0.2, 0) is 11.2 Å². The number of nitriles is 1. The standard InChI is InChI=1S/C23H22N4O3/c24-12-18(26-22(28)21-16-5-7-17(10-16)25-21)9-13-1-3-14(4-2-13)15-6-8-20-19(11-15)27-23(29)30-20/h1-4,6,8,11,16-18,21,25H,5,7,9-10H2,(H,26,28)(H,27,29). The smallest absolute Gasteiger partial charge is 0.408 e. The fourth-order valence-electron chi connectivity index (χ4n) is 4.74. The Labute approximate surface area is 173 Å². The maximum Gasteiger partial charge on any atom is 0.417 e. The van der Waals surface area contributed by atoms with E-state index in [2.05, 4.69) is 21.7 Å². The molecule has 2 heterocycles. The van der Waals surface area contributed by atoms with Crippen molar-refractivity contribution in [2.75, 3.05) is 0 Å². The predicted molar refractivity (Wildman–Crippen MR) is 112 cm³/mol. The molecule has 2 fully saturated rings. The highest BCUT2D eigenvalue weighted by atomic mass is 16.4. The molecular weight excluding hydrogens is 380 g/mol. The molecule has 1 saturated heterocycles. The molecule has 3 N–H and O–H groups in total. The van der Waals surface area contributed by atoms with Gasteiger partial charge in [0.2, 0.25) is 5.91 Å². The Bertz CT molecular complexity index is 1190. The SMILES string of the molecule is N#CC(Cc1ccc(-c2ccc3oc(=O)[nH]c3c2)cc1)NC(=O)C1NC2CCC1C2. The first-order valence-electron chi connectivity index (χ1n) is 10.3. The van der Waals surface area contributed by atoms with E-state index in [4.69, 9.17) is 4.42 Å². The molecule has 1 aromatic heterocycles. The van der Waals surface area contributed by atoms with Crippen molar-refractivity contribution in [2.45, 2.75) is 43.8 Å². The zero-order chi connectivity index (χ0) is 20.7. The summed E-state index contributed by atoms with van der Waals surface area (Å²) in [5.41, 5.74) is 4.11. The van der Waals surface area contributed by atoms with E-state index < -0.39 is 11.8 Å². The third-order valence-electron chi connectivity index (χ3n) is 6.26. The predicted octanol–water partition coefficient (Wildman–Crippen LogP) is 2.48. The summed E-state index contributed by atoms with van der Waals surface area (Å²) in [5.74, 6) is -0.133. The quantitative estimate of drug-likeness (QED) is 0.607. The van der Waals surface area contributed by atoms with E-state index >= 15 is 0 Å². The lowest BCUT2D eigenvalue weighted by Crippen LogP contribution is -2.50. The van der Waals surface area contributed by atoms with Crippen LogP contribution in [0.4, 0.5) is 0 Å². The Balaban J connectivity index is 1.25. The van der Waals surface area contributed by atoms with Crippen LogP contribution in [0.1, 0.15) is 24.8 Å². The molecule has 1 aliphatic heterocycles. The van der Waals surface area contributed by atoms with Gasteiger partial charge in [0.15, 0.2) is 5.58 Å². The number of aromatic amines is 1. The molecule has 7 heteroatoms. The van der Waals surface area contributed by atoms with Gasteiger partial charge in [-0.1, -0.05) is 30.3 Å². The van der Waals surface area contributed by atoms with Gasteiger partial charge in [-0.25, -0.2) is 4.79 Å². The number of carbonyl (C=O) groups is 1. The average Bonchev–Trinajstić information content (AvgIpc) is 3.48. The molecule has 152 valence electrons. The summed E-state index contributed by atoms with van der Waals surface area (Å²) < 4.78 is 5.04. The topological polar surface area (TPSA) is 111 Å². The highest BCUT2D eigenvalue weighted by Gasteiger charge is 2.43. The van der Waals surface area contributed by atoms with Crippen molar-refractivity contribution >= 4 is 17.0 Å². The van der Waals surface area contributed by atoms with Crippen molar-refractivity contribution < 1.29 is 9.21 Å². The zero-order valence-electron chi connectivity index (χ0n) is 16.4. The van der Waals surface area contributed by atoms with Gasteiger partial charge in [-0.15, -0.1) is 0 Å². The van der Waals surface area contributed by atoms with Gasteiger partial charge < -0.3 is 15.1 Å². The summed E-state index contributed by atoms with van der Waals surface area (Å²) in [6.07, 6.45) is 3.76. The summed E-state index contributed by atoms with van der Waals surface area (Å²) in [4.78, 5) is 26.6. The van der Waals surface area contributed by atoms with E-state index in [0.717, 1.165) is 36.0 Å². The molecule has 30 heavy (non-hydrogen) atoms. The van der Waals surface area contributed by atoms with Gasteiger partial charge in [0.25, 0.3) is 0 Å². The third kappa shape index (κ3) is 3.51. The maximum atomic E-state index is 12.6. The van der Waals surface area contributed by atoms with Gasteiger partial charge in [-0.2, -0.15) is 5.26 Å². The number of nitrogens with one attached hydrogen (secondary N) is 3. The van der Waals surface area contributed by atoms with Crippen LogP contribution in [0, 0.1) is 17.2 Å². The van der Waals surface area contributed by atoms with E-state index in [-0.39, 0.29) is 11.9 Å². The molecule has 0 spiro atoms. The number of nitrogens with zero attached hydrogens (tertiary/aromatic N) is 1. The van der Waals surface area contributed by atoms with E-state index in [1.54, 1.807) is 6.07 Å². The number of hydrogen-bond acceptors (Lipinski definition) is 5. The van der Waals surface area contributed by atoms with Crippen molar-refractivity contribution in [2.24, 2.45) is 5.92 Å². The second-order valence-corrected chi connectivity index (χ2v) is 8.23. The molecule has 2 aromatic carbocycles. The number of piperidine rings is 1. The summed E-state index contributed by atoms with van der Waals surface area (Å²) in [6.45, 7) is 0. The number of carbonyl (C=O) groups excluding carboxylic acids is 1. The molecule has 3 aromatic rings. The zero-order valence-corrected chi connectivity index (χ0v) is 16.4. The minimum absolute atomic E-state index is 0.0622. The molecular formula is C23H22N4O3. The van der Waals surface area contributed by atoms with Crippen LogP contribution in [0.3, 0.4) is 0 Å². The summed E-state index contributed by atoms with van der Waals surface area (Å²) in [7, 11) is 0. The van der Waals surface area contributed by atoms with Gasteiger partial charge in [0, 0.05) is 12.5 Å². The maximum absolute atomic E-state index is 12.6. The van der Waals surface area contributed by atoms with E-state index in [1.807, 2.05) is 36.4 Å². The molecule has 1 aliphatic carbocycles. The lowest BCUT2D eigenvalue weighted by molar-refractivity contribution is -0.124. The van der Waals surface area contributed by atoms with Gasteiger partial charge >= 0.3 is 5.76 Å². The Morgan fingerprint density at radius 3 is 2.70 bits per heavy atom. The van der Waals surface area contributed by atoms with Gasteiger partial charge in [0.1, 0.15) is 6.04 Å². The highest BCUT2D eigenvalue weighted by molar-refractivity contribution is 5.83. The minimum atomic E-state index is -0.559. The number of benzene rings is 2. The lowest BCUT2D eigenvalue weighted by Gasteiger charge is -2.23. The number of amides is 1. The second kappa shape index (κ2) is 7.47. The van der Waals surface area contributed by atoms with E-state index in [1.165, 1.54) is 0 Å². The first-order valence-corrected chi connectivity index (χ1v) is 10.3. The molecule has 2 bridgehead atoms.